The molecule has 0 aliphatic heterocycles. The second-order valence-corrected chi connectivity index (χ2v) is 6.52. The lowest BCUT2D eigenvalue weighted by Crippen LogP contribution is -2.04. The number of esters is 1. The molecule has 3 heterocycles. The number of aromatic nitrogens is 3. The van der Waals surface area contributed by atoms with E-state index in [1.807, 2.05) is 41.8 Å². The zero-order chi connectivity index (χ0) is 17.9. The molecule has 0 saturated carbocycles. The molecule has 4 rings (SSSR count). The predicted octanol–water partition coefficient (Wildman–Crippen LogP) is 4.61. The molecular weight excluding hydrogens is 348 g/mol. The van der Waals surface area contributed by atoms with Gasteiger partial charge in [-0.3, -0.25) is 0 Å². The van der Waals surface area contributed by atoms with Crippen LogP contribution in [0, 0.1) is 0 Å². The number of hydrogen-bond donors (Lipinski definition) is 2. The van der Waals surface area contributed by atoms with E-state index in [1.165, 1.54) is 0 Å². The van der Waals surface area contributed by atoms with Crippen molar-refractivity contribution in [2.75, 3.05) is 11.9 Å². The van der Waals surface area contributed by atoms with Gasteiger partial charge in [-0.1, -0.05) is 6.07 Å². The topological polar surface area (TPSA) is 79.9 Å². The van der Waals surface area contributed by atoms with Crippen molar-refractivity contribution in [3.8, 4) is 10.6 Å². The Morgan fingerprint density at radius 1 is 1.27 bits per heavy atom. The molecule has 6 nitrogen and oxygen atoms in total. The second-order valence-electron chi connectivity index (χ2n) is 5.57. The van der Waals surface area contributed by atoms with Crippen LogP contribution in [0.5, 0.6) is 0 Å². The van der Waals surface area contributed by atoms with Crippen LogP contribution in [0.1, 0.15) is 17.4 Å². The molecule has 3 aromatic heterocycles. The Balaban J connectivity index is 1.59. The fraction of sp³-hybridized carbons (Fsp3) is 0.105. The largest absolute Gasteiger partial charge is 0.461 e. The molecule has 0 radical (unpaired) electrons. The van der Waals surface area contributed by atoms with Crippen LogP contribution in [-0.2, 0) is 4.74 Å². The Hall–Kier alpha value is -3.19. The maximum Gasteiger partial charge on any atom is 0.354 e. The average molecular weight is 364 g/mol. The summed E-state index contributed by atoms with van der Waals surface area (Å²) in [5.41, 5.74) is 3.03. The monoisotopic (exact) mass is 364 g/mol. The molecule has 0 fully saturated rings. The van der Waals surface area contributed by atoms with E-state index < -0.39 is 0 Å². The number of H-pyrrole nitrogens is 1. The van der Waals surface area contributed by atoms with Crippen LogP contribution in [0.25, 0.3) is 21.5 Å². The van der Waals surface area contributed by atoms with Crippen molar-refractivity contribution in [3.63, 3.8) is 0 Å². The summed E-state index contributed by atoms with van der Waals surface area (Å²) in [5.74, 6) is 0.168. The number of ether oxygens (including phenoxy) is 1. The van der Waals surface area contributed by atoms with Gasteiger partial charge in [0.05, 0.1) is 17.2 Å². The number of anilines is 2. The highest BCUT2D eigenvalue weighted by Gasteiger charge is 2.11. The predicted molar refractivity (Wildman–Crippen MR) is 103 cm³/mol. The summed E-state index contributed by atoms with van der Waals surface area (Å²) in [4.78, 5) is 24.8. The number of benzene rings is 1. The zero-order valence-corrected chi connectivity index (χ0v) is 14.8. The zero-order valence-electron chi connectivity index (χ0n) is 14.0. The van der Waals surface area contributed by atoms with Crippen molar-refractivity contribution in [1.29, 1.82) is 0 Å². The van der Waals surface area contributed by atoms with Gasteiger partial charge in [0, 0.05) is 22.8 Å². The van der Waals surface area contributed by atoms with Gasteiger partial charge >= 0.3 is 5.97 Å². The molecule has 26 heavy (non-hydrogen) atoms. The van der Waals surface area contributed by atoms with Gasteiger partial charge in [0.1, 0.15) is 5.69 Å². The van der Waals surface area contributed by atoms with Gasteiger partial charge in [0.2, 0.25) is 5.95 Å². The van der Waals surface area contributed by atoms with Crippen molar-refractivity contribution < 1.29 is 9.53 Å². The molecule has 0 unspecified atom stereocenters. The highest BCUT2D eigenvalue weighted by atomic mass is 32.1. The number of hydrogen-bond acceptors (Lipinski definition) is 6. The summed E-state index contributed by atoms with van der Waals surface area (Å²) in [6.45, 7) is 2.13. The maximum absolute atomic E-state index is 11.9. The summed E-state index contributed by atoms with van der Waals surface area (Å²) < 4.78 is 5.03. The van der Waals surface area contributed by atoms with E-state index in [0.717, 1.165) is 27.2 Å². The lowest BCUT2D eigenvalue weighted by atomic mass is 10.2. The third kappa shape index (κ3) is 3.29. The van der Waals surface area contributed by atoms with E-state index in [9.17, 15) is 4.79 Å². The van der Waals surface area contributed by atoms with Crippen LogP contribution >= 0.6 is 11.3 Å². The molecule has 0 spiro atoms. The summed E-state index contributed by atoms with van der Waals surface area (Å²) in [6.07, 6.45) is 1.73. The van der Waals surface area contributed by atoms with Crippen molar-refractivity contribution >= 4 is 39.8 Å². The Bertz CT molecular complexity index is 1060. The number of carbonyl (C=O) groups excluding carboxylic acids is 1. The summed E-state index contributed by atoms with van der Waals surface area (Å²) >= 11 is 1.64. The third-order valence-electron chi connectivity index (χ3n) is 3.80. The van der Waals surface area contributed by atoms with Gasteiger partial charge in [0.25, 0.3) is 0 Å². The van der Waals surface area contributed by atoms with Crippen LogP contribution in [-0.4, -0.2) is 27.5 Å². The highest BCUT2D eigenvalue weighted by Crippen LogP contribution is 2.25. The van der Waals surface area contributed by atoms with Gasteiger partial charge in [-0.05, 0) is 48.7 Å². The first kappa shape index (κ1) is 16.3. The van der Waals surface area contributed by atoms with E-state index in [0.29, 0.717) is 18.2 Å². The minimum atomic E-state index is -0.356. The minimum Gasteiger partial charge on any atom is -0.461 e. The summed E-state index contributed by atoms with van der Waals surface area (Å²) in [6, 6.07) is 13.4. The van der Waals surface area contributed by atoms with Crippen LogP contribution < -0.4 is 5.32 Å². The number of nitrogens with zero attached hydrogens (tertiary/aromatic N) is 2. The molecule has 0 bridgehead atoms. The van der Waals surface area contributed by atoms with E-state index in [4.69, 9.17) is 4.74 Å². The molecular formula is C19H16N4O2S. The van der Waals surface area contributed by atoms with Gasteiger partial charge < -0.3 is 15.0 Å². The van der Waals surface area contributed by atoms with Crippen molar-refractivity contribution in [2.45, 2.75) is 6.92 Å². The van der Waals surface area contributed by atoms with Gasteiger partial charge in [-0.15, -0.1) is 11.3 Å². The maximum atomic E-state index is 11.9. The molecule has 1 aromatic carbocycles. The van der Waals surface area contributed by atoms with Gasteiger partial charge in [0.15, 0.2) is 0 Å². The standard InChI is InChI=1S/C19H16N4O2S/c1-2-25-18(24)16-11-12-10-13(5-6-14(12)22-16)21-19-20-8-7-15(23-19)17-4-3-9-26-17/h3-11,22H,2H2,1H3,(H,20,21,23). The Labute approximate surface area is 153 Å². The molecule has 0 aliphatic carbocycles. The first-order chi connectivity index (χ1) is 12.7. The highest BCUT2D eigenvalue weighted by molar-refractivity contribution is 7.13. The fourth-order valence-corrected chi connectivity index (χ4v) is 3.33. The molecule has 7 heteroatoms. The third-order valence-corrected chi connectivity index (χ3v) is 4.69. The molecule has 2 N–H and O–H groups in total. The number of fused-ring (bicyclic) bond motifs is 1. The molecule has 4 aromatic rings. The minimum absolute atomic E-state index is 0.346. The summed E-state index contributed by atoms with van der Waals surface area (Å²) in [7, 11) is 0. The van der Waals surface area contributed by atoms with Crippen LogP contribution in [0.3, 0.4) is 0 Å². The fourth-order valence-electron chi connectivity index (χ4n) is 2.64. The summed E-state index contributed by atoms with van der Waals surface area (Å²) in [5, 5.41) is 6.14. The lowest BCUT2D eigenvalue weighted by Gasteiger charge is -2.06. The number of rotatable bonds is 5. The molecule has 130 valence electrons. The van der Waals surface area contributed by atoms with Crippen molar-refractivity contribution in [1.82, 2.24) is 15.0 Å². The van der Waals surface area contributed by atoms with E-state index in [1.54, 1.807) is 30.5 Å². The van der Waals surface area contributed by atoms with Gasteiger partial charge in [-0.2, -0.15) is 0 Å². The Morgan fingerprint density at radius 2 is 2.19 bits per heavy atom. The normalized spacial score (nSPS) is 10.8. The lowest BCUT2D eigenvalue weighted by molar-refractivity contribution is 0.0520. The first-order valence-corrected chi connectivity index (χ1v) is 9.05. The van der Waals surface area contributed by atoms with Crippen LogP contribution in [0.15, 0.2) is 54.0 Å². The first-order valence-electron chi connectivity index (χ1n) is 8.17. The van der Waals surface area contributed by atoms with E-state index in [2.05, 4.69) is 20.3 Å². The number of aromatic amines is 1. The molecule has 0 atom stereocenters. The van der Waals surface area contributed by atoms with Crippen molar-refractivity contribution in [2.24, 2.45) is 0 Å². The Morgan fingerprint density at radius 3 is 3.00 bits per heavy atom. The smallest absolute Gasteiger partial charge is 0.354 e. The van der Waals surface area contributed by atoms with E-state index in [-0.39, 0.29) is 5.97 Å². The SMILES string of the molecule is CCOC(=O)c1cc2cc(Nc3nccc(-c4cccs4)n3)ccc2[nH]1. The van der Waals surface area contributed by atoms with Gasteiger partial charge in [-0.25, -0.2) is 14.8 Å². The molecule has 0 saturated heterocycles. The van der Waals surface area contributed by atoms with E-state index >= 15 is 0 Å². The quantitative estimate of drug-likeness (QED) is 0.506. The van der Waals surface area contributed by atoms with Crippen LogP contribution in [0.4, 0.5) is 11.6 Å². The number of nitrogens with one attached hydrogen (secondary N) is 2. The number of thiophene rings is 1. The van der Waals surface area contributed by atoms with Crippen LogP contribution in [0.2, 0.25) is 0 Å². The second kappa shape index (κ2) is 6.97. The average Bonchev–Trinajstić information content (AvgIpc) is 3.32. The number of carbonyl (C=O) groups is 1. The molecule has 0 amide bonds. The molecule has 0 aliphatic rings. The van der Waals surface area contributed by atoms with Crippen molar-refractivity contribution in [3.05, 3.63) is 59.7 Å². The Kier molecular flexibility index (Phi) is 4.37.